The molecule has 0 unspecified atom stereocenters. The molecule has 1 aromatic carbocycles. The highest BCUT2D eigenvalue weighted by Gasteiger charge is 2.28. The van der Waals surface area contributed by atoms with Gasteiger partial charge in [-0.2, -0.15) is 0 Å². The first-order valence-electron chi connectivity index (χ1n) is 9.74. The average molecular weight is 410 g/mol. The Balaban J connectivity index is 1.75. The number of methoxy groups -OCH3 is 1. The molecule has 1 aliphatic heterocycles. The maximum Gasteiger partial charge on any atom is 0.308 e. The van der Waals surface area contributed by atoms with Gasteiger partial charge in [0.05, 0.1) is 19.3 Å². The standard InChI is InChI=1S/C24H26O6/c1-14(10-18-6-8-20(9-7-18)29-17(4)25)11-19-12-21(28-13-19)23-15(2)22(26)16(3)24(27-5)30-23/h6-11,21H,12-13H2,1-5H3/b14-10+,19-11-/t21-/m1/s1. The van der Waals surface area contributed by atoms with Crippen molar-refractivity contribution in [3.63, 3.8) is 0 Å². The Morgan fingerprint density at radius 1 is 1.13 bits per heavy atom. The van der Waals surface area contributed by atoms with Crippen LogP contribution in [0, 0.1) is 13.8 Å². The highest BCUT2D eigenvalue weighted by molar-refractivity contribution is 5.69. The van der Waals surface area contributed by atoms with Crippen molar-refractivity contribution in [2.24, 2.45) is 0 Å². The fourth-order valence-corrected chi connectivity index (χ4v) is 3.50. The Labute approximate surface area is 175 Å². The fraction of sp³-hybridized carbons (Fsp3) is 0.333. The van der Waals surface area contributed by atoms with Gasteiger partial charge in [-0.25, -0.2) is 0 Å². The molecule has 0 N–H and O–H groups in total. The predicted octanol–water partition coefficient (Wildman–Crippen LogP) is 4.68. The van der Waals surface area contributed by atoms with Gasteiger partial charge in [-0.3, -0.25) is 9.59 Å². The van der Waals surface area contributed by atoms with E-state index in [4.69, 9.17) is 18.6 Å². The quantitative estimate of drug-likeness (QED) is 0.526. The molecule has 1 aliphatic rings. The van der Waals surface area contributed by atoms with Crippen molar-refractivity contribution in [2.75, 3.05) is 13.7 Å². The summed E-state index contributed by atoms with van der Waals surface area (Å²) < 4.78 is 22.0. The minimum absolute atomic E-state index is 0.0811. The predicted molar refractivity (Wildman–Crippen MR) is 114 cm³/mol. The van der Waals surface area contributed by atoms with Gasteiger partial charge in [0.1, 0.15) is 17.6 Å². The molecule has 0 aliphatic carbocycles. The third-order valence-electron chi connectivity index (χ3n) is 4.92. The summed E-state index contributed by atoms with van der Waals surface area (Å²) in [6.45, 7) is 7.31. The third kappa shape index (κ3) is 4.89. The number of ether oxygens (including phenoxy) is 3. The van der Waals surface area contributed by atoms with E-state index in [0.29, 0.717) is 35.7 Å². The molecule has 158 valence electrons. The van der Waals surface area contributed by atoms with Crippen LogP contribution in [0.2, 0.25) is 0 Å². The van der Waals surface area contributed by atoms with E-state index in [1.54, 1.807) is 26.0 Å². The minimum Gasteiger partial charge on any atom is -0.468 e. The number of carbonyl (C=O) groups is 1. The molecule has 0 saturated carbocycles. The Bertz CT molecular complexity index is 1060. The summed E-state index contributed by atoms with van der Waals surface area (Å²) >= 11 is 0. The van der Waals surface area contributed by atoms with Crippen molar-refractivity contribution in [3.05, 3.63) is 74.2 Å². The van der Waals surface area contributed by atoms with Gasteiger partial charge in [0.25, 0.3) is 5.95 Å². The van der Waals surface area contributed by atoms with Crippen LogP contribution in [0.3, 0.4) is 0 Å². The summed E-state index contributed by atoms with van der Waals surface area (Å²) in [6.07, 6.45) is 4.46. The second kappa shape index (κ2) is 9.13. The number of carbonyl (C=O) groups excluding carboxylic acids is 1. The normalized spacial score (nSPS) is 18.0. The van der Waals surface area contributed by atoms with Gasteiger partial charge in [-0.05, 0) is 44.0 Å². The zero-order chi connectivity index (χ0) is 21.8. The molecule has 0 radical (unpaired) electrons. The number of hydrogen-bond acceptors (Lipinski definition) is 6. The van der Waals surface area contributed by atoms with Crippen LogP contribution in [0.15, 0.2) is 50.7 Å². The summed E-state index contributed by atoms with van der Waals surface area (Å²) in [5.41, 5.74) is 4.12. The topological polar surface area (TPSA) is 75.0 Å². The van der Waals surface area contributed by atoms with Gasteiger partial charge in [0.2, 0.25) is 0 Å². The lowest BCUT2D eigenvalue weighted by atomic mass is 10.0. The van der Waals surface area contributed by atoms with Gasteiger partial charge in [0.15, 0.2) is 5.43 Å². The molecule has 2 aromatic rings. The first kappa shape index (κ1) is 21.6. The lowest BCUT2D eigenvalue weighted by Gasteiger charge is -2.13. The van der Waals surface area contributed by atoms with E-state index in [-0.39, 0.29) is 23.4 Å². The molecule has 6 heteroatoms. The molecule has 3 rings (SSSR count). The number of rotatable bonds is 5. The number of benzene rings is 1. The van der Waals surface area contributed by atoms with Crippen LogP contribution in [0.4, 0.5) is 0 Å². The molecule has 1 saturated heterocycles. The van der Waals surface area contributed by atoms with Gasteiger partial charge in [0, 0.05) is 18.9 Å². The summed E-state index contributed by atoms with van der Waals surface area (Å²) in [7, 11) is 1.48. The second-order valence-electron chi connectivity index (χ2n) is 7.39. The van der Waals surface area contributed by atoms with Gasteiger partial charge in [-0.1, -0.05) is 29.9 Å². The molecule has 1 atom stereocenters. The summed E-state index contributed by atoms with van der Waals surface area (Å²) in [6, 6.07) is 7.31. The first-order valence-corrected chi connectivity index (χ1v) is 9.74. The van der Waals surface area contributed by atoms with Crippen molar-refractivity contribution in [2.45, 2.75) is 40.2 Å². The first-order chi connectivity index (χ1) is 14.3. The summed E-state index contributed by atoms with van der Waals surface area (Å²) in [5, 5.41) is 0. The van der Waals surface area contributed by atoms with E-state index < -0.39 is 0 Å². The maximum absolute atomic E-state index is 12.4. The molecule has 2 heterocycles. The highest BCUT2D eigenvalue weighted by atomic mass is 16.6. The Hall–Kier alpha value is -3.12. The number of hydrogen-bond donors (Lipinski definition) is 0. The number of esters is 1. The van der Waals surface area contributed by atoms with Crippen LogP contribution in [0.25, 0.3) is 6.08 Å². The molecule has 30 heavy (non-hydrogen) atoms. The van der Waals surface area contributed by atoms with E-state index >= 15 is 0 Å². The van der Waals surface area contributed by atoms with E-state index in [0.717, 1.165) is 16.7 Å². The molecule has 0 bridgehead atoms. The van der Waals surface area contributed by atoms with E-state index in [1.807, 2.05) is 25.1 Å². The molecule has 1 aromatic heterocycles. The largest absolute Gasteiger partial charge is 0.468 e. The van der Waals surface area contributed by atoms with E-state index in [2.05, 4.69) is 6.08 Å². The highest BCUT2D eigenvalue weighted by Crippen LogP contribution is 2.35. The van der Waals surface area contributed by atoms with Gasteiger partial charge < -0.3 is 18.6 Å². The SMILES string of the molecule is COc1oc([C@H]2C/C(=C/C(C)=C/c3ccc(OC(C)=O)cc3)CO2)c(C)c(=O)c1C. The smallest absolute Gasteiger partial charge is 0.308 e. The Morgan fingerprint density at radius 3 is 2.47 bits per heavy atom. The van der Waals surface area contributed by atoms with Crippen LogP contribution in [0.1, 0.15) is 48.8 Å². The summed E-state index contributed by atoms with van der Waals surface area (Å²) in [5.74, 6) is 0.934. The molecule has 0 amide bonds. The van der Waals surface area contributed by atoms with Crippen molar-refractivity contribution >= 4 is 12.0 Å². The van der Waals surface area contributed by atoms with E-state index in [1.165, 1.54) is 14.0 Å². The molecule has 6 nitrogen and oxygen atoms in total. The van der Waals surface area contributed by atoms with Crippen LogP contribution >= 0.6 is 0 Å². The zero-order valence-electron chi connectivity index (χ0n) is 17.9. The zero-order valence-corrected chi connectivity index (χ0v) is 17.9. The number of allylic oxidation sites excluding steroid dienone is 2. The molecular weight excluding hydrogens is 384 g/mol. The van der Waals surface area contributed by atoms with Crippen molar-refractivity contribution in [1.29, 1.82) is 0 Å². The Morgan fingerprint density at radius 2 is 1.83 bits per heavy atom. The minimum atomic E-state index is -0.340. The fourth-order valence-electron chi connectivity index (χ4n) is 3.50. The monoisotopic (exact) mass is 410 g/mol. The lowest BCUT2D eigenvalue weighted by molar-refractivity contribution is -0.131. The second-order valence-corrected chi connectivity index (χ2v) is 7.39. The van der Waals surface area contributed by atoms with Crippen LogP contribution in [-0.4, -0.2) is 19.7 Å². The van der Waals surface area contributed by atoms with Gasteiger partial charge in [-0.15, -0.1) is 0 Å². The van der Waals surface area contributed by atoms with Crippen molar-refractivity contribution in [3.8, 4) is 11.7 Å². The van der Waals surface area contributed by atoms with Crippen LogP contribution in [0.5, 0.6) is 11.7 Å². The lowest BCUT2D eigenvalue weighted by Crippen LogP contribution is -2.15. The van der Waals surface area contributed by atoms with Crippen molar-refractivity contribution < 1.29 is 23.4 Å². The molecular formula is C24H26O6. The molecule has 0 spiro atoms. The van der Waals surface area contributed by atoms with E-state index in [9.17, 15) is 9.59 Å². The average Bonchev–Trinajstić information content (AvgIpc) is 3.15. The van der Waals surface area contributed by atoms with Crippen molar-refractivity contribution in [1.82, 2.24) is 0 Å². The maximum atomic E-state index is 12.4. The van der Waals surface area contributed by atoms with Crippen LogP contribution in [-0.2, 0) is 9.53 Å². The third-order valence-corrected chi connectivity index (χ3v) is 4.92. The molecule has 1 fully saturated rings. The summed E-state index contributed by atoms with van der Waals surface area (Å²) in [4.78, 5) is 23.4. The van der Waals surface area contributed by atoms with Crippen LogP contribution < -0.4 is 14.9 Å². The Kier molecular flexibility index (Phi) is 6.57. The van der Waals surface area contributed by atoms with Gasteiger partial charge >= 0.3 is 5.97 Å².